The minimum atomic E-state index is -1.77. The third kappa shape index (κ3) is 5.16. The van der Waals surface area contributed by atoms with Crippen LogP contribution >= 0.6 is 34.8 Å². The molecule has 0 radical (unpaired) electrons. The predicted octanol–water partition coefficient (Wildman–Crippen LogP) is 3.63. The van der Waals surface area contributed by atoms with E-state index in [9.17, 15) is 4.79 Å². The summed E-state index contributed by atoms with van der Waals surface area (Å²) in [5.74, 6) is 0.610. The Bertz CT molecular complexity index is 663. The van der Waals surface area contributed by atoms with Gasteiger partial charge in [0.1, 0.15) is 17.7 Å². The van der Waals surface area contributed by atoms with Crippen molar-refractivity contribution in [1.29, 1.82) is 0 Å². The Morgan fingerprint density at radius 3 is 2.61 bits per heavy atom. The third-order valence-electron chi connectivity index (χ3n) is 2.89. The van der Waals surface area contributed by atoms with Gasteiger partial charge in [-0.05, 0) is 30.3 Å². The number of carbonyl (C=O) groups excluding carboxylic acids is 1. The van der Waals surface area contributed by atoms with Crippen molar-refractivity contribution in [2.45, 2.75) is 9.96 Å². The number of pyridine rings is 1. The molecule has 1 amide bonds. The van der Waals surface area contributed by atoms with Crippen molar-refractivity contribution in [3.8, 4) is 5.75 Å². The second-order valence-corrected chi connectivity index (χ2v) is 6.91. The van der Waals surface area contributed by atoms with Crippen LogP contribution in [0.25, 0.3) is 0 Å². The zero-order valence-corrected chi connectivity index (χ0v) is 14.4. The Labute approximate surface area is 148 Å². The van der Waals surface area contributed by atoms with Crippen LogP contribution in [-0.4, -0.2) is 28.0 Å². The average molecular weight is 375 g/mol. The maximum atomic E-state index is 12.4. The summed E-state index contributed by atoms with van der Waals surface area (Å²) in [5.41, 5.74) is 0.381. The van der Waals surface area contributed by atoms with E-state index in [-0.39, 0.29) is 0 Å². The Morgan fingerprint density at radius 1 is 1.22 bits per heavy atom. The lowest BCUT2D eigenvalue weighted by molar-refractivity contribution is 0.0941. The maximum absolute atomic E-state index is 12.4. The minimum absolute atomic E-state index is 0.381. The Balaban J connectivity index is 2.15. The summed E-state index contributed by atoms with van der Waals surface area (Å²) in [6.45, 7) is 0. The molecule has 8 heteroatoms. The molecule has 0 aliphatic rings. The number of halogens is 3. The van der Waals surface area contributed by atoms with Crippen LogP contribution in [0.5, 0.6) is 5.75 Å². The molecule has 0 bridgehead atoms. The van der Waals surface area contributed by atoms with Gasteiger partial charge in [-0.25, -0.2) is 4.98 Å². The molecule has 1 aromatic carbocycles. The molecule has 0 spiro atoms. The van der Waals surface area contributed by atoms with E-state index in [0.717, 1.165) is 0 Å². The van der Waals surface area contributed by atoms with Gasteiger partial charge in [0.2, 0.25) is 3.79 Å². The number of alkyl halides is 3. The number of hydrogen-bond acceptors (Lipinski definition) is 4. The molecule has 1 atom stereocenters. The second kappa shape index (κ2) is 7.73. The number of nitrogens with one attached hydrogen (secondary N) is 2. The molecule has 5 nitrogen and oxygen atoms in total. The van der Waals surface area contributed by atoms with Gasteiger partial charge in [-0.15, -0.1) is 0 Å². The molecule has 23 heavy (non-hydrogen) atoms. The third-order valence-corrected chi connectivity index (χ3v) is 3.55. The van der Waals surface area contributed by atoms with E-state index in [2.05, 4.69) is 15.6 Å². The first-order valence-electron chi connectivity index (χ1n) is 6.59. The van der Waals surface area contributed by atoms with E-state index in [1.54, 1.807) is 48.7 Å². The number of rotatable bonds is 5. The monoisotopic (exact) mass is 373 g/mol. The van der Waals surface area contributed by atoms with E-state index in [1.165, 1.54) is 7.11 Å². The topological polar surface area (TPSA) is 63.2 Å². The van der Waals surface area contributed by atoms with Crippen LogP contribution in [-0.2, 0) is 0 Å². The van der Waals surface area contributed by atoms with Gasteiger partial charge in [0.05, 0.1) is 7.11 Å². The fourth-order valence-electron chi connectivity index (χ4n) is 1.77. The second-order valence-electron chi connectivity index (χ2n) is 4.54. The van der Waals surface area contributed by atoms with E-state index < -0.39 is 15.9 Å². The first-order valence-corrected chi connectivity index (χ1v) is 7.73. The number of carbonyl (C=O) groups is 1. The van der Waals surface area contributed by atoms with Crippen LogP contribution in [0.1, 0.15) is 10.4 Å². The lowest BCUT2D eigenvalue weighted by Crippen LogP contribution is -2.49. The van der Waals surface area contributed by atoms with Crippen molar-refractivity contribution >= 4 is 46.5 Å². The van der Waals surface area contributed by atoms with Gasteiger partial charge in [0.15, 0.2) is 0 Å². The number of aromatic nitrogens is 1. The van der Waals surface area contributed by atoms with Crippen molar-refractivity contribution in [3.05, 3.63) is 54.2 Å². The van der Waals surface area contributed by atoms with Crippen LogP contribution < -0.4 is 15.4 Å². The number of methoxy groups -OCH3 is 1. The summed E-state index contributed by atoms with van der Waals surface area (Å²) >= 11 is 17.8. The summed E-state index contributed by atoms with van der Waals surface area (Å²) in [4.78, 5) is 16.4. The zero-order valence-electron chi connectivity index (χ0n) is 12.1. The fraction of sp³-hybridized carbons (Fsp3) is 0.200. The summed E-state index contributed by atoms with van der Waals surface area (Å²) in [5, 5.41) is 5.51. The van der Waals surface area contributed by atoms with Crippen LogP contribution in [0.3, 0.4) is 0 Å². The highest BCUT2D eigenvalue weighted by Crippen LogP contribution is 2.31. The largest absolute Gasteiger partial charge is 0.497 e. The number of benzene rings is 1. The molecule has 2 rings (SSSR count). The Morgan fingerprint density at radius 2 is 2.00 bits per heavy atom. The van der Waals surface area contributed by atoms with Crippen molar-refractivity contribution in [1.82, 2.24) is 10.3 Å². The summed E-state index contributed by atoms with van der Waals surface area (Å²) in [7, 11) is 1.52. The number of amides is 1. The molecule has 122 valence electrons. The predicted molar refractivity (Wildman–Crippen MR) is 92.4 cm³/mol. The molecule has 0 aliphatic carbocycles. The first-order chi connectivity index (χ1) is 10.9. The lowest BCUT2D eigenvalue weighted by Gasteiger charge is -2.27. The van der Waals surface area contributed by atoms with E-state index in [1.807, 2.05) is 0 Å². The molecule has 2 N–H and O–H groups in total. The Kier molecular flexibility index (Phi) is 5.93. The van der Waals surface area contributed by atoms with E-state index in [0.29, 0.717) is 17.1 Å². The standard InChI is InChI=1S/C15H14Cl3N3O2/c1-23-11-6-4-5-10(9-11)13(22)21-14(15(16,17)18)20-12-7-2-3-8-19-12/h2-9,14H,1H3,(H,19,20)(H,21,22). The summed E-state index contributed by atoms with van der Waals surface area (Å²) in [6.07, 6.45) is 0.614. The van der Waals surface area contributed by atoms with Crippen molar-refractivity contribution in [3.63, 3.8) is 0 Å². The van der Waals surface area contributed by atoms with Crippen LogP contribution in [0.15, 0.2) is 48.7 Å². The normalized spacial score (nSPS) is 12.3. The quantitative estimate of drug-likeness (QED) is 0.620. The van der Waals surface area contributed by atoms with Crippen molar-refractivity contribution < 1.29 is 9.53 Å². The molecule has 1 unspecified atom stereocenters. The maximum Gasteiger partial charge on any atom is 0.253 e. The minimum Gasteiger partial charge on any atom is -0.497 e. The van der Waals surface area contributed by atoms with Gasteiger partial charge in [-0.3, -0.25) is 4.79 Å². The van der Waals surface area contributed by atoms with Crippen LogP contribution in [0.4, 0.5) is 5.82 Å². The molecule has 1 heterocycles. The number of nitrogens with zero attached hydrogens (tertiary/aromatic N) is 1. The molecule has 0 saturated heterocycles. The molecule has 0 fully saturated rings. The van der Waals surface area contributed by atoms with Gasteiger partial charge in [0.25, 0.3) is 5.91 Å². The van der Waals surface area contributed by atoms with E-state index >= 15 is 0 Å². The van der Waals surface area contributed by atoms with Gasteiger partial charge < -0.3 is 15.4 Å². The van der Waals surface area contributed by atoms with Gasteiger partial charge in [-0.1, -0.05) is 46.9 Å². The molecule has 2 aromatic rings. The highest BCUT2D eigenvalue weighted by atomic mass is 35.6. The van der Waals surface area contributed by atoms with Gasteiger partial charge in [0, 0.05) is 11.8 Å². The smallest absolute Gasteiger partial charge is 0.253 e. The molecule has 0 saturated carbocycles. The van der Waals surface area contributed by atoms with Gasteiger partial charge >= 0.3 is 0 Å². The summed E-state index contributed by atoms with van der Waals surface area (Å²) < 4.78 is 3.32. The molecule has 1 aromatic heterocycles. The lowest BCUT2D eigenvalue weighted by atomic mass is 10.2. The zero-order chi connectivity index (χ0) is 16.9. The SMILES string of the molecule is COc1cccc(C(=O)NC(Nc2ccccn2)C(Cl)(Cl)Cl)c1. The van der Waals surface area contributed by atoms with Crippen LogP contribution in [0, 0.1) is 0 Å². The number of hydrogen-bond donors (Lipinski definition) is 2. The van der Waals surface area contributed by atoms with Crippen molar-refractivity contribution in [2.24, 2.45) is 0 Å². The number of anilines is 1. The molecular weight excluding hydrogens is 361 g/mol. The first kappa shape index (κ1) is 17.7. The number of ether oxygens (including phenoxy) is 1. The van der Waals surface area contributed by atoms with Gasteiger partial charge in [-0.2, -0.15) is 0 Å². The highest BCUT2D eigenvalue weighted by molar-refractivity contribution is 6.68. The Hall–Kier alpha value is -1.69. The van der Waals surface area contributed by atoms with Crippen LogP contribution in [0.2, 0.25) is 0 Å². The molecule has 0 aliphatic heterocycles. The highest BCUT2D eigenvalue weighted by Gasteiger charge is 2.34. The average Bonchev–Trinajstić information content (AvgIpc) is 2.54. The summed E-state index contributed by atoms with van der Waals surface area (Å²) in [6, 6.07) is 11.9. The van der Waals surface area contributed by atoms with Crippen molar-refractivity contribution in [2.75, 3.05) is 12.4 Å². The fourth-order valence-corrected chi connectivity index (χ4v) is 2.10. The van der Waals surface area contributed by atoms with E-state index in [4.69, 9.17) is 39.5 Å². The molecular formula is C15H14Cl3N3O2.